The third-order valence-corrected chi connectivity index (χ3v) is 3.14. The van der Waals surface area contributed by atoms with E-state index in [-0.39, 0.29) is 11.5 Å². The third kappa shape index (κ3) is 2.45. The van der Waals surface area contributed by atoms with Crippen molar-refractivity contribution in [3.8, 4) is 5.75 Å². The van der Waals surface area contributed by atoms with Gasteiger partial charge in [-0.3, -0.25) is 0 Å². The second-order valence-electron chi connectivity index (χ2n) is 5.49. The molecule has 1 aliphatic rings. The lowest BCUT2D eigenvalue weighted by atomic mass is 9.83. The van der Waals surface area contributed by atoms with Crippen LogP contribution in [0.3, 0.4) is 0 Å². The Morgan fingerprint density at radius 2 is 2.12 bits per heavy atom. The van der Waals surface area contributed by atoms with Crippen molar-refractivity contribution < 1.29 is 9.57 Å². The third-order valence-electron chi connectivity index (χ3n) is 3.14. The van der Waals surface area contributed by atoms with Crippen LogP contribution in [0.1, 0.15) is 44.4 Å². The van der Waals surface area contributed by atoms with Crippen molar-refractivity contribution in [2.75, 3.05) is 13.7 Å². The van der Waals surface area contributed by atoms with Crippen LogP contribution in [0.5, 0.6) is 5.75 Å². The number of para-hydroxylation sites is 1. The second kappa shape index (κ2) is 4.67. The fourth-order valence-electron chi connectivity index (χ4n) is 2.28. The Balaban J connectivity index is 2.44. The quantitative estimate of drug-likeness (QED) is 0.799. The molecule has 0 spiro atoms. The molecule has 1 atom stereocenters. The number of fused-ring (bicyclic) bond motifs is 1. The normalized spacial score (nSPS) is 19.6. The van der Waals surface area contributed by atoms with Crippen molar-refractivity contribution in [3.63, 3.8) is 0 Å². The van der Waals surface area contributed by atoms with Crippen molar-refractivity contribution in [1.29, 1.82) is 0 Å². The zero-order valence-corrected chi connectivity index (χ0v) is 11.0. The van der Waals surface area contributed by atoms with Crippen molar-refractivity contribution in [3.05, 3.63) is 29.3 Å². The van der Waals surface area contributed by atoms with E-state index < -0.39 is 0 Å². The molecule has 3 heteroatoms. The highest BCUT2D eigenvalue weighted by Gasteiger charge is 2.27. The number of nitrogens with one attached hydrogen (secondary N) is 1. The molecule has 94 valence electrons. The molecule has 0 aromatic heterocycles. The van der Waals surface area contributed by atoms with Crippen LogP contribution in [0.15, 0.2) is 18.2 Å². The van der Waals surface area contributed by atoms with E-state index >= 15 is 0 Å². The molecule has 0 aliphatic carbocycles. The highest BCUT2D eigenvalue weighted by Crippen LogP contribution is 2.40. The predicted molar refractivity (Wildman–Crippen MR) is 68.1 cm³/mol. The van der Waals surface area contributed by atoms with Crippen LogP contribution in [0, 0.1) is 0 Å². The summed E-state index contributed by atoms with van der Waals surface area (Å²) in [7, 11) is 1.66. The van der Waals surface area contributed by atoms with Crippen LogP contribution < -0.4 is 10.2 Å². The van der Waals surface area contributed by atoms with Gasteiger partial charge in [0, 0.05) is 12.0 Å². The maximum atomic E-state index is 5.86. The summed E-state index contributed by atoms with van der Waals surface area (Å²) in [6, 6.07) is 6.58. The first-order chi connectivity index (χ1) is 8.04. The molecular weight excluding hydrogens is 214 g/mol. The van der Waals surface area contributed by atoms with Crippen LogP contribution in [-0.4, -0.2) is 13.7 Å². The van der Waals surface area contributed by atoms with E-state index in [1.54, 1.807) is 7.11 Å². The van der Waals surface area contributed by atoms with Gasteiger partial charge >= 0.3 is 0 Å². The summed E-state index contributed by atoms with van der Waals surface area (Å²) >= 11 is 0. The van der Waals surface area contributed by atoms with Gasteiger partial charge in [0.2, 0.25) is 0 Å². The van der Waals surface area contributed by atoms with Gasteiger partial charge in [0.25, 0.3) is 0 Å². The van der Waals surface area contributed by atoms with Gasteiger partial charge in [0.05, 0.1) is 19.8 Å². The Kier molecular flexibility index (Phi) is 3.40. The molecule has 0 saturated carbocycles. The van der Waals surface area contributed by atoms with E-state index in [0.717, 1.165) is 18.8 Å². The highest BCUT2D eigenvalue weighted by molar-refractivity contribution is 5.47. The van der Waals surface area contributed by atoms with Gasteiger partial charge in [-0.1, -0.05) is 39.0 Å². The Bertz CT molecular complexity index is 396. The summed E-state index contributed by atoms with van der Waals surface area (Å²) in [5.41, 5.74) is 5.60. The summed E-state index contributed by atoms with van der Waals surface area (Å²) in [6.07, 6.45) is 0.939. The zero-order valence-electron chi connectivity index (χ0n) is 11.0. The van der Waals surface area contributed by atoms with Gasteiger partial charge in [0.1, 0.15) is 5.75 Å². The predicted octanol–water partition coefficient (Wildman–Crippen LogP) is 2.96. The largest absolute Gasteiger partial charge is 0.493 e. The Hall–Kier alpha value is -1.06. The van der Waals surface area contributed by atoms with Crippen LogP contribution in [0.25, 0.3) is 0 Å². The fourth-order valence-corrected chi connectivity index (χ4v) is 2.28. The van der Waals surface area contributed by atoms with E-state index in [0.29, 0.717) is 0 Å². The number of ether oxygens (including phenoxy) is 1. The molecule has 3 nitrogen and oxygen atoms in total. The molecule has 1 heterocycles. The maximum absolute atomic E-state index is 5.86. The Labute approximate surface area is 103 Å². The fraction of sp³-hybridized carbons (Fsp3) is 0.571. The second-order valence-corrected chi connectivity index (χ2v) is 5.49. The van der Waals surface area contributed by atoms with Gasteiger partial charge in [-0.25, -0.2) is 0 Å². The maximum Gasteiger partial charge on any atom is 0.127 e. The smallest absolute Gasteiger partial charge is 0.127 e. The summed E-state index contributed by atoms with van der Waals surface area (Å²) < 4.78 is 5.86. The molecule has 0 amide bonds. The Morgan fingerprint density at radius 1 is 1.35 bits per heavy atom. The Morgan fingerprint density at radius 3 is 2.76 bits per heavy atom. The number of rotatable bonds is 2. The SMILES string of the molecule is CONC1CCOc2c1cccc2C(C)(C)C. The molecule has 0 bridgehead atoms. The minimum absolute atomic E-state index is 0.0975. The molecule has 0 saturated heterocycles. The topological polar surface area (TPSA) is 30.5 Å². The van der Waals surface area contributed by atoms with E-state index in [4.69, 9.17) is 9.57 Å². The molecule has 1 aromatic carbocycles. The summed E-state index contributed by atoms with van der Waals surface area (Å²) in [4.78, 5) is 5.06. The minimum Gasteiger partial charge on any atom is -0.493 e. The highest BCUT2D eigenvalue weighted by atomic mass is 16.6. The van der Waals surface area contributed by atoms with Crippen molar-refractivity contribution in [2.45, 2.75) is 38.6 Å². The van der Waals surface area contributed by atoms with E-state index in [9.17, 15) is 0 Å². The molecular formula is C14H21NO2. The number of benzene rings is 1. The molecule has 17 heavy (non-hydrogen) atoms. The molecule has 2 rings (SSSR count). The summed E-state index contributed by atoms with van der Waals surface area (Å²) in [6.45, 7) is 7.36. The van der Waals surface area contributed by atoms with Crippen LogP contribution in [0.4, 0.5) is 0 Å². The lowest BCUT2D eigenvalue weighted by Gasteiger charge is -2.31. The standard InChI is InChI=1S/C14H21NO2/c1-14(2,3)11-7-5-6-10-12(15-16-4)8-9-17-13(10)11/h5-7,12,15H,8-9H2,1-4H3. The lowest BCUT2D eigenvalue weighted by Crippen LogP contribution is -2.28. The lowest BCUT2D eigenvalue weighted by molar-refractivity contribution is 0.0459. The van der Waals surface area contributed by atoms with Gasteiger partial charge in [-0.15, -0.1) is 0 Å². The molecule has 0 fully saturated rings. The number of hydrogen-bond donors (Lipinski definition) is 1. The van der Waals surface area contributed by atoms with Gasteiger partial charge < -0.3 is 9.57 Å². The molecule has 1 aliphatic heterocycles. The number of hydrogen-bond acceptors (Lipinski definition) is 3. The average molecular weight is 235 g/mol. The first-order valence-corrected chi connectivity index (χ1v) is 6.08. The minimum atomic E-state index is 0.0975. The van der Waals surface area contributed by atoms with Crippen molar-refractivity contribution in [2.24, 2.45) is 0 Å². The summed E-state index contributed by atoms with van der Waals surface area (Å²) in [5, 5.41) is 0. The van der Waals surface area contributed by atoms with E-state index in [1.807, 2.05) is 0 Å². The molecule has 1 unspecified atom stereocenters. The van der Waals surface area contributed by atoms with Crippen LogP contribution in [0.2, 0.25) is 0 Å². The van der Waals surface area contributed by atoms with E-state index in [1.165, 1.54) is 11.1 Å². The van der Waals surface area contributed by atoms with Crippen molar-refractivity contribution >= 4 is 0 Å². The monoisotopic (exact) mass is 235 g/mol. The first-order valence-electron chi connectivity index (χ1n) is 6.08. The molecule has 0 radical (unpaired) electrons. The van der Waals surface area contributed by atoms with Gasteiger partial charge in [-0.2, -0.15) is 5.48 Å². The van der Waals surface area contributed by atoms with Crippen molar-refractivity contribution in [1.82, 2.24) is 5.48 Å². The average Bonchev–Trinajstić information content (AvgIpc) is 2.28. The van der Waals surface area contributed by atoms with Gasteiger partial charge in [-0.05, 0) is 11.0 Å². The van der Waals surface area contributed by atoms with Crippen LogP contribution in [-0.2, 0) is 10.3 Å². The van der Waals surface area contributed by atoms with E-state index in [2.05, 4.69) is 44.5 Å². The van der Waals surface area contributed by atoms with Gasteiger partial charge in [0.15, 0.2) is 0 Å². The van der Waals surface area contributed by atoms with Crippen LogP contribution >= 0.6 is 0 Å². The number of hydroxylamine groups is 1. The first kappa shape index (κ1) is 12.4. The molecule has 1 aromatic rings. The molecule has 1 N–H and O–H groups in total. The summed E-state index contributed by atoms with van der Waals surface area (Å²) in [5.74, 6) is 1.03. The zero-order chi connectivity index (χ0) is 12.5.